The van der Waals surface area contributed by atoms with Gasteiger partial charge in [0, 0.05) is 19.6 Å². The van der Waals surface area contributed by atoms with Gasteiger partial charge in [-0.25, -0.2) is 0 Å². The molecule has 1 atom stereocenters. The molecular formula is C11H20O. The third kappa shape index (κ3) is 6.24. The highest BCUT2D eigenvalue weighted by Crippen LogP contribution is 2.12. The van der Waals surface area contributed by atoms with Crippen LogP contribution in [0.2, 0.25) is 0 Å². The van der Waals surface area contributed by atoms with Crippen LogP contribution < -0.4 is 0 Å². The van der Waals surface area contributed by atoms with Crippen molar-refractivity contribution in [1.29, 1.82) is 0 Å². The summed E-state index contributed by atoms with van der Waals surface area (Å²) in [6.45, 7) is 3.00. The second-order valence-corrected chi connectivity index (χ2v) is 3.14. The Morgan fingerprint density at radius 3 is 2.58 bits per heavy atom. The van der Waals surface area contributed by atoms with Crippen molar-refractivity contribution >= 4 is 0 Å². The summed E-state index contributed by atoms with van der Waals surface area (Å²) in [5, 5.41) is 0. The molecule has 0 aliphatic rings. The second kappa shape index (κ2) is 8.62. The average Bonchev–Trinajstić information content (AvgIpc) is 2.11. The van der Waals surface area contributed by atoms with E-state index in [0.29, 0.717) is 5.92 Å². The van der Waals surface area contributed by atoms with Crippen molar-refractivity contribution in [3.8, 4) is 12.3 Å². The van der Waals surface area contributed by atoms with Gasteiger partial charge < -0.3 is 4.74 Å². The van der Waals surface area contributed by atoms with E-state index in [-0.39, 0.29) is 0 Å². The number of hydrogen-bond acceptors (Lipinski definition) is 1. The lowest BCUT2D eigenvalue weighted by molar-refractivity contribution is 0.183. The van der Waals surface area contributed by atoms with Gasteiger partial charge in [-0.05, 0) is 12.8 Å². The van der Waals surface area contributed by atoms with Gasteiger partial charge in [0.1, 0.15) is 0 Å². The predicted molar refractivity (Wildman–Crippen MR) is 53.0 cm³/mol. The summed E-state index contributed by atoms with van der Waals surface area (Å²) in [5.74, 6) is 3.24. The monoisotopic (exact) mass is 168 g/mol. The smallest absolute Gasteiger partial charge is 0.0474 e. The summed E-state index contributed by atoms with van der Waals surface area (Å²) < 4.78 is 4.98. The maximum absolute atomic E-state index is 5.39. The van der Waals surface area contributed by atoms with Crippen LogP contribution in [0.1, 0.15) is 39.0 Å². The van der Waals surface area contributed by atoms with Gasteiger partial charge in [-0.3, -0.25) is 0 Å². The second-order valence-electron chi connectivity index (χ2n) is 3.14. The Morgan fingerprint density at radius 2 is 2.08 bits per heavy atom. The lowest BCUT2D eigenvalue weighted by Crippen LogP contribution is -2.01. The first-order valence-corrected chi connectivity index (χ1v) is 4.80. The van der Waals surface area contributed by atoms with Crippen molar-refractivity contribution in [2.75, 3.05) is 13.7 Å². The summed E-state index contributed by atoms with van der Waals surface area (Å²) in [5.41, 5.74) is 0. The lowest BCUT2D eigenvalue weighted by Gasteiger charge is -2.08. The maximum atomic E-state index is 5.39. The molecule has 0 aliphatic heterocycles. The Morgan fingerprint density at radius 1 is 1.33 bits per heavy atom. The standard InChI is InChI=1S/C11H20O/c1-4-6-7-8-11(5-2)9-10-12-3/h2,11H,4,6-10H2,1,3H3. The molecule has 0 N–H and O–H groups in total. The zero-order chi connectivity index (χ0) is 9.23. The minimum atomic E-state index is 0.427. The number of rotatable bonds is 7. The highest BCUT2D eigenvalue weighted by molar-refractivity contribution is 4.92. The molecule has 0 aromatic heterocycles. The van der Waals surface area contributed by atoms with E-state index >= 15 is 0 Å². The molecule has 0 saturated carbocycles. The lowest BCUT2D eigenvalue weighted by atomic mass is 9.99. The molecule has 0 aromatic rings. The highest BCUT2D eigenvalue weighted by atomic mass is 16.5. The van der Waals surface area contributed by atoms with Crippen LogP contribution >= 0.6 is 0 Å². The van der Waals surface area contributed by atoms with E-state index in [4.69, 9.17) is 11.2 Å². The van der Waals surface area contributed by atoms with Gasteiger partial charge in [0.05, 0.1) is 0 Å². The van der Waals surface area contributed by atoms with Crippen LogP contribution in [0.5, 0.6) is 0 Å². The Labute approximate surface area is 76.5 Å². The first-order chi connectivity index (χ1) is 5.85. The van der Waals surface area contributed by atoms with Crippen LogP contribution in [0.15, 0.2) is 0 Å². The molecule has 0 bridgehead atoms. The molecule has 1 unspecified atom stereocenters. The van der Waals surface area contributed by atoms with Gasteiger partial charge in [0.2, 0.25) is 0 Å². The number of unbranched alkanes of at least 4 members (excludes halogenated alkanes) is 2. The first-order valence-electron chi connectivity index (χ1n) is 4.80. The molecular weight excluding hydrogens is 148 g/mol. The Hall–Kier alpha value is -0.480. The average molecular weight is 168 g/mol. The minimum Gasteiger partial charge on any atom is -0.385 e. The summed E-state index contributed by atoms with van der Waals surface area (Å²) in [4.78, 5) is 0. The van der Waals surface area contributed by atoms with Crippen LogP contribution in [0.25, 0.3) is 0 Å². The zero-order valence-electron chi connectivity index (χ0n) is 8.31. The number of ether oxygens (including phenoxy) is 1. The Kier molecular flexibility index (Phi) is 8.27. The van der Waals surface area contributed by atoms with Gasteiger partial charge in [0.25, 0.3) is 0 Å². The topological polar surface area (TPSA) is 9.23 Å². The van der Waals surface area contributed by atoms with Crippen molar-refractivity contribution in [2.24, 2.45) is 5.92 Å². The SMILES string of the molecule is C#CC(CCCCC)CCOC. The molecule has 0 aliphatic carbocycles. The molecule has 0 amide bonds. The molecule has 0 fully saturated rings. The summed E-state index contributed by atoms with van der Waals surface area (Å²) in [6, 6.07) is 0. The molecule has 1 heteroatoms. The normalized spacial score (nSPS) is 12.4. The summed E-state index contributed by atoms with van der Waals surface area (Å²) >= 11 is 0. The van der Waals surface area contributed by atoms with Crippen LogP contribution in [-0.2, 0) is 4.74 Å². The number of terminal acetylenes is 1. The largest absolute Gasteiger partial charge is 0.385 e. The molecule has 70 valence electrons. The molecule has 0 heterocycles. The van der Waals surface area contributed by atoms with E-state index in [1.807, 2.05) is 0 Å². The van der Waals surface area contributed by atoms with Gasteiger partial charge in [-0.2, -0.15) is 0 Å². The third-order valence-electron chi connectivity index (χ3n) is 2.06. The van der Waals surface area contributed by atoms with Crippen molar-refractivity contribution in [3.05, 3.63) is 0 Å². The van der Waals surface area contributed by atoms with Crippen LogP contribution in [0.4, 0.5) is 0 Å². The Balaban J connectivity index is 3.35. The number of hydrogen-bond donors (Lipinski definition) is 0. The van der Waals surface area contributed by atoms with Gasteiger partial charge in [0.15, 0.2) is 0 Å². The number of methoxy groups -OCH3 is 1. The Bertz CT molecular complexity index is 123. The minimum absolute atomic E-state index is 0.427. The zero-order valence-corrected chi connectivity index (χ0v) is 8.31. The van der Waals surface area contributed by atoms with E-state index in [1.165, 1.54) is 19.3 Å². The molecule has 0 radical (unpaired) electrons. The van der Waals surface area contributed by atoms with E-state index in [1.54, 1.807) is 7.11 Å². The molecule has 0 saturated heterocycles. The molecule has 0 rings (SSSR count). The highest BCUT2D eigenvalue weighted by Gasteiger charge is 2.03. The van der Waals surface area contributed by atoms with Gasteiger partial charge >= 0.3 is 0 Å². The fraction of sp³-hybridized carbons (Fsp3) is 0.818. The van der Waals surface area contributed by atoms with E-state index in [2.05, 4.69) is 12.8 Å². The predicted octanol–water partition coefficient (Wildman–Crippen LogP) is 2.85. The van der Waals surface area contributed by atoms with Crippen LogP contribution in [0, 0.1) is 18.3 Å². The maximum Gasteiger partial charge on any atom is 0.0474 e. The van der Waals surface area contributed by atoms with Crippen LogP contribution in [-0.4, -0.2) is 13.7 Å². The van der Waals surface area contributed by atoms with Crippen LogP contribution in [0.3, 0.4) is 0 Å². The molecule has 1 nitrogen and oxygen atoms in total. The first kappa shape index (κ1) is 11.5. The molecule has 12 heavy (non-hydrogen) atoms. The van der Waals surface area contributed by atoms with Gasteiger partial charge in [-0.15, -0.1) is 12.3 Å². The van der Waals surface area contributed by atoms with E-state index < -0.39 is 0 Å². The van der Waals surface area contributed by atoms with Crippen molar-refractivity contribution in [3.63, 3.8) is 0 Å². The van der Waals surface area contributed by atoms with Gasteiger partial charge in [-0.1, -0.05) is 26.2 Å². The summed E-state index contributed by atoms with van der Waals surface area (Å²) in [7, 11) is 1.72. The van der Waals surface area contributed by atoms with E-state index in [9.17, 15) is 0 Å². The third-order valence-corrected chi connectivity index (χ3v) is 2.06. The van der Waals surface area contributed by atoms with E-state index in [0.717, 1.165) is 19.4 Å². The molecule has 0 spiro atoms. The van der Waals surface area contributed by atoms with Crippen molar-refractivity contribution in [1.82, 2.24) is 0 Å². The van der Waals surface area contributed by atoms with Crippen molar-refractivity contribution < 1.29 is 4.74 Å². The van der Waals surface area contributed by atoms with Crippen molar-refractivity contribution in [2.45, 2.75) is 39.0 Å². The fourth-order valence-electron chi connectivity index (χ4n) is 1.21. The quantitative estimate of drug-likeness (QED) is 0.419. The summed E-state index contributed by atoms with van der Waals surface area (Å²) in [6.07, 6.45) is 11.4. The molecule has 0 aromatic carbocycles. The fourth-order valence-corrected chi connectivity index (χ4v) is 1.21.